The van der Waals surface area contributed by atoms with Gasteiger partial charge in [-0.15, -0.1) is 12.4 Å². The highest BCUT2D eigenvalue weighted by Gasteiger charge is 2.31. The number of aryl methyl sites for hydroxylation is 1. The van der Waals surface area contributed by atoms with Gasteiger partial charge >= 0.3 is 0 Å². The fraction of sp³-hybridized carbons (Fsp3) is 0.375. The van der Waals surface area contributed by atoms with Crippen molar-refractivity contribution in [3.63, 3.8) is 0 Å². The first-order valence-electron chi connectivity index (χ1n) is 10.2. The van der Waals surface area contributed by atoms with Gasteiger partial charge in [-0.25, -0.2) is 0 Å². The number of nitrogens with zero attached hydrogens (tertiary/aromatic N) is 3. The Morgan fingerprint density at radius 2 is 1.70 bits per heavy atom. The first-order chi connectivity index (χ1) is 14.0. The van der Waals surface area contributed by atoms with Gasteiger partial charge in [0.1, 0.15) is 5.75 Å². The van der Waals surface area contributed by atoms with Crippen molar-refractivity contribution < 1.29 is 4.74 Å². The van der Waals surface area contributed by atoms with E-state index in [0.717, 1.165) is 37.6 Å². The molecule has 30 heavy (non-hydrogen) atoms. The van der Waals surface area contributed by atoms with Gasteiger partial charge in [0.05, 0.1) is 19.3 Å². The minimum absolute atomic E-state index is 0. The molecule has 1 aliphatic rings. The maximum Gasteiger partial charge on any atom is 0.118 e. The smallest absolute Gasteiger partial charge is 0.118 e. The summed E-state index contributed by atoms with van der Waals surface area (Å²) < 4.78 is 7.36. The lowest BCUT2D eigenvalue weighted by Crippen LogP contribution is -2.28. The highest BCUT2D eigenvalue weighted by Crippen LogP contribution is 2.28. The molecule has 1 aromatic heterocycles. The average Bonchev–Trinajstić information content (AvgIpc) is 3.23. The van der Waals surface area contributed by atoms with E-state index in [1.54, 1.807) is 7.11 Å². The van der Waals surface area contributed by atoms with E-state index in [9.17, 15) is 0 Å². The fourth-order valence-corrected chi connectivity index (χ4v) is 4.34. The zero-order valence-corrected chi connectivity index (χ0v) is 18.7. The molecular weight excluding hydrogens is 396 g/mol. The molecule has 6 heteroatoms. The molecule has 2 heterocycles. The molecule has 3 aromatic rings. The third-order valence-corrected chi connectivity index (χ3v) is 6.07. The summed E-state index contributed by atoms with van der Waals surface area (Å²) in [7, 11) is 1.69. The summed E-state index contributed by atoms with van der Waals surface area (Å²) >= 11 is 0. The van der Waals surface area contributed by atoms with Crippen LogP contribution in [0.3, 0.4) is 0 Å². The summed E-state index contributed by atoms with van der Waals surface area (Å²) in [6.45, 7) is 7.86. The Bertz CT molecular complexity index is 955. The molecule has 1 saturated heterocycles. The van der Waals surface area contributed by atoms with Crippen LogP contribution >= 0.6 is 12.4 Å². The topological polar surface area (TPSA) is 56.3 Å². The Morgan fingerprint density at radius 1 is 1.00 bits per heavy atom. The molecule has 2 N–H and O–H groups in total. The van der Waals surface area contributed by atoms with E-state index < -0.39 is 0 Å². The van der Waals surface area contributed by atoms with Crippen LogP contribution in [0.4, 0.5) is 0 Å². The molecule has 0 aliphatic carbocycles. The van der Waals surface area contributed by atoms with Gasteiger partial charge in [-0.05, 0) is 37.1 Å². The Labute approximate surface area is 185 Å². The third-order valence-electron chi connectivity index (χ3n) is 6.07. The SMILES string of the molecule is COc1ccc(Cn2nc(C)c(CN3C[C@@H](N)[C@H](c4ccccc4)C3)c2C)cc1.Cl. The van der Waals surface area contributed by atoms with E-state index in [-0.39, 0.29) is 18.4 Å². The van der Waals surface area contributed by atoms with Gasteiger partial charge in [0, 0.05) is 42.9 Å². The molecule has 0 spiro atoms. The van der Waals surface area contributed by atoms with Gasteiger partial charge < -0.3 is 10.5 Å². The van der Waals surface area contributed by atoms with Gasteiger partial charge in [-0.3, -0.25) is 9.58 Å². The zero-order valence-electron chi connectivity index (χ0n) is 17.9. The normalized spacial score (nSPS) is 18.9. The molecule has 4 rings (SSSR count). The van der Waals surface area contributed by atoms with Crippen molar-refractivity contribution in [2.45, 2.75) is 38.9 Å². The Balaban J connectivity index is 0.00000256. The van der Waals surface area contributed by atoms with Gasteiger partial charge in [-0.1, -0.05) is 42.5 Å². The number of hydrogen-bond donors (Lipinski definition) is 1. The van der Waals surface area contributed by atoms with Crippen molar-refractivity contribution in [1.29, 1.82) is 0 Å². The second-order valence-corrected chi connectivity index (χ2v) is 8.03. The number of nitrogens with two attached hydrogens (primary N) is 1. The van der Waals surface area contributed by atoms with Crippen LogP contribution in [0.5, 0.6) is 5.75 Å². The highest BCUT2D eigenvalue weighted by atomic mass is 35.5. The molecule has 2 atom stereocenters. The molecule has 160 valence electrons. The lowest BCUT2D eigenvalue weighted by Gasteiger charge is -2.16. The Hall–Kier alpha value is -2.34. The average molecular weight is 427 g/mol. The second-order valence-electron chi connectivity index (χ2n) is 8.03. The first-order valence-corrected chi connectivity index (χ1v) is 10.2. The van der Waals surface area contributed by atoms with Gasteiger partial charge in [0.2, 0.25) is 0 Å². The second kappa shape index (κ2) is 9.65. The largest absolute Gasteiger partial charge is 0.497 e. The number of rotatable bonds is 6. The van der Waals surface area contributed by atoms with Crippen LogP contribution in [0.25, 0.3) is 0 Å². The highest BCUT2D eigenvalue weighted by molar-refractivity contribution is 5.85. The maximum atomic E-state index is 6.49. The van der Waals surface area contributed by atoms with Crippen LogP contribution in [-0.2, 0) is 13.1 Å². The van der Waals surface area contributed by atoms with Crippen molar-refractivity contribution in [1.82, 2.24) is 14.7 Å². The summed E-state index contributed by atoms with van der Waals surface area (Å²) in [4.78, 5) is 2.47. The van der Waals surface area contributed by atoms with Crippen molar-refractivity contribution >= 4 is 12.4 Å². The lowest BCUT2D eigenvalue weighted by atomic mass is 9.95. The van der Waals surface area contributed by atoms with E-state index in [1.165, 1.54) is 22.4 Å². The monoisotopic (exact) mass is 426 g/mol. The van der Waals surface area contributed by atoms with Crippen molar-refractivity contribution in [3.05, 3.63) is 82.7 Å². The number of halogens is 1. The minimum Gasteiger partial charge on any atom is -0.497 e. The van der Waals surface area contributed by atoms with Crippen LogP contribution in [0, 0.1) is 13.8 Å². The van der Waals surface area contributed by atoms with Crippen LogP contribution in [-0.4, -0.2) is 40.9 Å². The molecule has 0 saturated carbocycles. The predicted octanol–water partition coefficient (Wildman–Crippen LogP) is 3.91. The maximum absolute atomic E-state index is 6.49. The number of likely N-dealkylation sites (tertiary alicyclic amines) is 1. The number of methoxy groups -OCH3 is 1. The van der Waals surface area contributed by atoms with E-state index >= 15 is 0 Å². The van der Waals surface area contributed by atoms with Crippen LogP contribution in [0.15, 0.2) is 54.6 Å². The van der Waals surface area contributed by atoms with E-state index in [4.69, 9.17) is 15.6 Å². The number of aromatic nitrogens is 2. The Kier molecular flexibility index (Phi) is 7.19. The summed E-state index contributed by atoms with van der Waals surface area (Å²) in [5, 5.41) is 4.81. The van der Waals surface area contributed by atoms with Crippen molar-refractivity contribution in [3.8, 4) is 5.75 Å². The number of benzene rings is 2. The molecule has 0 radical (unpaired) electrons. The van der Waals surface area contributed by atoms with Crippen molar-refractivity contribution in [2.24, 2.45) is 5.73 Å². The molecule has 0 amide bonds. The van der Waals surface area contributed by atoms with Gasteiger partial charge in [0.15, 0.2) is 0 Å². The number of ether oxygens (including phenoxy) is 1. The summed E-state index contributed by atoms with van der Waals surface area (Å²) in [6.07, 6.45) is 0. The molecule has 0 bridgehead atoms. The molecule has 5 nitrogen and oxygen atoms in total. The standard InChI is InChI=1S/C24H30N4O.ClH/c1-17-22(14-27-15-23(24(25)16-27)20-7-5-4-6-8-20)18(2)28(26-17)13-19-9-11-21(29-3)12-10-19;/h4-12,23-24H,13-16,25H2,1-3H3;1H/t23-,24+;/m0./s1. The van der Waals surface area contributed by atoms with Gasteiger partial charge in [0.25, 0.3) is 0 Å². The summed E-state index contributed by atoms with van der Waals surface area (Å²) in [5.41, 5.74) is 12.7. The zero-order chi connectivity index (χ0) is 20.4. The molecular formula is C24H31ClN4O. The van der Waals surface area contributed by atoms with E-state index in [0.29, 0.717) is 5.92 Å². The number of hydrogen-bond acceptors (Lipinski definition) is 4. The Morgan fingerprint density at radius 3 is 2.37 bits per heavy atom. The summed E-state index contributed by atoms with van der Waals surface area (Å²) in [6, 6.07) is 19.0. The van der Waals surface area contributed by atoms with Crippen molar-refractivity contribution in [2.75, 3.05) is 20.2 Å². The van der Waals surface area contributed by atoms with Crippen LogP contribution < -0.4 is 10.5 Å². The molecule has 1 aliphatic heterocycles. The lowest BCUT2D eigenvalue weighted by molar-refractivity contribution is 0.322. The van der Waals surface area contributed by atoms with E-state index in [2.05, 4.69) is 65.9 Å². The van der Waals surface area contributed by atoms with Crippen LogP contribution in [0.1, 0.15) is 34.0 Å². The molecule has 1 fully saturated rings. The first kappa shape index (κ1) is 22.3. The predicted molar refractivity (Wildman–Crippen MR) is 123 cm³/mol. The summed E-state index contributed by atoms with van der Waals surface area (Å²) in [5.74, 6) is 1.27. The molecule has 0 unspecified atom stereocenters. The van der Waals surface area contributed by atoms with Gasteiger partial charge in [-0.2, -0.15) is 5.10 Å². The third kappa shape index (κ3) is 4.69. The fourth-order valence-electron chi connectivity index (χ4n) is 4.34. The van der Waals surface area contributed by atoms with E-state index in [1.807, 2.05) is 12.1 Å². The quantitative estimate of drug-likeness (QED) is 0.649. The van der Waals surface area contributed by atoms with Crippen LogP contribution in [0.2, 0.25) is 0 Å². The minimum atomic E-state index is 0. The molecule has 2 aromatic carbocycles.